The number of carboxylic acids is 1. The SMILES string of the molecule is O=C(CN(Cc1ccccc1)C(=O)c1cccc(Cl)c1)N1CCNCC1.O=C(O)C(F)(F)F. The average Bonchev–Trinajstić information content (AvgIpc) is 2.79. The van der Waals surface area contributed by atoms with E-state index in [9.17, 15) is 22.8 Å². The van der Waals surface area contributed by atoms with Gasteiger partial charge in [0.15, 0.2) is 0 Å². The summed E-state index contributed by atoms with van der Waals surface area (Å²) < 4.78 is 31.7. The molecule has 0 aromatic heterocycles. The van der Waals surface area contributed by atoms with Gasteiger partial charge in [0.2, 0.25) is 5.91 Å². The molecule has 33 heavy (non-hydrogen) atoms. The summed E-state index contributed by atoms with van der Waals surface area (Å²) >= 11 is 6.03. The molecule has 1 aliphatic rings. The summed E-state index contributed by atoms with van der Waals surface area (Å²) in [6, 6.07) is 16.5. The molecule has 0 atom stereocenters. The number of aliphatic carboxylic acids is 1. The van der Waals surface area contributed by atoms with Gasteiger partial charge in [-0.15, -0.1) is 0 Å². The number of carboxylic acid groups (broad SMARTS) is 1. The van der Waals surface area contributed by atoms with E-state index in [4.69, 9.17) is 21.5 Å². The van der Waals surface area contributed by atoms with Crippen molar-refractivity contribution < 1.29 is 32.7 Å². The lowest BCUT2D eigenvalue weighted by Gasteiger charge is -2.30. The zero-order valence-electron chi connectivity index (χ0n) is 17.5. The van der Waals surface area contributed by atoms with E-state index >= 15 is 0 Å². The molecule has 7 nitrogen and oxygen atoms in total. The van der Waals surface area contributed by atoms with Crippen molar-refractivity contribution in [2.45, 2.75) is 12.7 Å². The molecule has 0 bridgehead atoms. The molecule has 0 radical (unpaired) electrons. The average molecular weight is 486 g/mol. The number of hydrogen-bond donors (Lipinski definition) is 2. The van der Waals surface area contributed by atoms with Gasteiger partial charge >= 0.3 is 12.1 Å². The Morgan fingerprint density at radius 2 is 1.64 bits per heavy atom. The van der Waals surface area contributed by atoms with Gasteiger partial charge < -0.3 is 20.2 Å². The normalized spacial score (nSPS) is 13.5. The van der Waals surface area contributed by atoms with E-state index < -0.39 is 12.1 Å². The Morgan fingerprint density at radius 3 is 2.18 bits per heavy atom. The third-order valence-corrected chi connectivity index (χ3v) is 4.85. The van der Waals surface area contributed by atoms with Crippen molar-refractivity contribution in [1.82, 2.24) is 15.1 Å². The van der Waals surface area contributed by atoms with Crippen LogP contribution in [0.25, 0.3) is 0 Å². The Labute approximate surface area is 193 Å². The third kappa shape index (κ3) is 8.74. The number of benzene rings is 2. The van der Waals surface area contributed by atoms with Gasteiger partial charge in [-0.2, -0.15) is 13.2 Å². The number of hydrogen-bond acceptors (Lipinski definition) is 4. The Morgan fingerprint density at radius 1 is 1.03 bits per heavy atom. The quantitative estimate of drug-likeness (QED) is 0.679. The molecule has 0 saturated carbocycles. The number of amides is 2. The predicted octanol–water partition coefficient (Wildman–Crippen LogP) is 3.05. The number of piperazine rings is 1. The Bertz CT molecular complexity index is 951. The van der Waals surface area contributed by atoms with Crippen LogP contribution >= 0.6 is 11.6 Å². The second kappa shape index (κ2) is 12.2. The Balaban J connectivity index is 0.000000479. The van der Waals surface area contributed by atoms with Crippen LogP contribution in [0.4, 0.5) is 13.2 Å². The van der Waals surface area contributed by atoms with Crippen molar-refractivity contribution in [3.05, 3.63) is 70.7 Å². The highest BCUT2D eigenvalue weighted by molar-refractivity contribution is 6.31. The van der Waals surface area contributed by atoms with Crippen molar-refractivity contribution in [3.8, 4) is 0 Å². The number of halogens is 4. The lowest BCUT2D eigenvalue weighted by atomic mass is 10.1. The lowest BCUT2D eigenvalue weighted by Crippen LogP contribution is -2.50. The van der Waals surface area contributed by atoms with Crippen molar-refractivity contribution in [3.63, 3.8) is 0 Å². The lowest BCUT2D eigenvalue weighted by molar-refractivity contribution is -0.192. The van der Waals surface area contributed by atoms with Gasteiger partial charge in [0.25, 0.3) is 5.91 Å². The minimum atomic E-state index is -5.08. The van der Waals surface area contributed by atoms with Crippen molar-refractivity contribution in [2.75, 3.05) is 32.7 Å². The first kappa shape index (κ1) is 26.1. The smallest absolute Gasteiger partial charge is 0.475 e. The molecule has 1 aliphatic heterocycles. The van der Waals surface area contributed by atoms with Crippen LogP contribution in [0.5, 0.6) is 0 Å². The number of carbonyl (C=O) groups excluding carboxylic acids is 2. The van der Waals surface area contributed by atoms with Gasteiger partial charge in [-0.1, -0.05) is 48.0 Å². The molecule has 0 spiro atoms. The number of nitrogens with zero attached hydrogens (tertiary/aromatic N) is 2. The second-order valence-corrected chi connectivity index (χ2v) is 7.53. The topological polar surface area (TPSA) is 90.0 Å². The van der Waals surface area contributed by atoms with E-state index in [1.165, 1.54) is 0 Å². The maximum atomic E-state index is 13.0. The van der Waals surface area contributed by atoms with E-state index in [1.54, 1.807) is 34.1 Å². The summed E-state index contributed by atoms with van der Waals surface area (Å²) in [5, 5.41) is 10.9. The van der Waals surface area contributed by atoms with Crippen LogP contribution in [0.1, 0.15) is 15.9 Å². The highest BCUT2D eigenvalue weighted by Crippen LogP contribution is 2.15. The monoisotopic (exact) mass is 485 g/mol. The molecule has 1 fully saturated rings. The third-order valence-electron chi connectivity index (χ3n) is 4.61. The molecule has 178 valence electrons. The molecule has 2 amide bonds. The highest BCUT2D eigenvalue weighted by atomic mass is 35.5. The summed E-state index contributed by atoms with van der Waals surface area (Å²) in [6.45, 7) is 3.34. The summed E-state index contributed by atoms with van der Waals surface area (Å²) in [4.78, 5) is 38.0. The zero-order chi connectivity index (χ0) is 24.4. The van der Waals surface area contributed by atoms with Gasteiger partial charge in [0.1, 0.15) is 6.54 Å². The number of rotatable bonds is 5. The predicted molar refractivity (Wildman–Crippen MR) is 116 cm³/mol. The molecular weight excluding hydrogens is 463 g/mol. The summed E-state index contributed by atoms with van der Waals surface area (Å²) in [5.74, 6) is -2.98. The van der Waals surface area contributed by atoms with Crippen LogP contribution in [-0.2, 0) is 16.1 Å². The molecule has 0 aliphatic carbocycles. The number of alkyl halides is 3. The minimum Gasteiger partial charge on any atom is -0.475 e. The van der Waals surface area contributed by atoms with E-state index in [0.29, 0.717) is 30.2 Å². The van der Waals surface area contributed by atoms with Crippen molar-refractivity contribution in [2.24, 2.45) is 0 Å². The van der Waals surface area contributed by atoms with Gasteiger partial charge in [0, 0.05) is 43.3 Å². The first-order valence-electron chi connectivity index (χ1n) is 9.95. The van der Waals surface area contributed by atoms with Crippen LogP contribution in [0, 0.1) is 0 Å². The number of carbonyl (C=O) groups is 3. The summed E-state index contributed by atoms with van der Waals surface area (Å²) in [7, 11) is 0. The second-order valence-electron chi connectivity index (χ2n) is 7.09. The van der Waals surface area contributed by atoms with Crippen LogP contribution in [0.3, 0.4) is 0 Å². The first-order chi connectivity index (χ1) is 15.6. The van der Waals surface area contributed by atoms with Gasteiger partial charge in [-0.05, 0) is 23.8 Å². The van der Waals surface area contributed by atoms with Gasteiger partial charge in [-0.25, -0.2) is 4.79 Å². The van der Waals surface area contributed by atoms with E-state index in [-0.39, 0.29) is 18.4 Å². The molecule has 2 aromatic rings. The van der Waals surface area contributed by atoms with Gasteiger partial charge in [-0.3, -0.25) is 9.59 Å². The van der Waals surface area contributed by atoms with E-state index in [1.807, 2.05) is 30.3 Å². The standard InChI is InChI=1S/C20H22ClN3O2.C2HF3O2/c21-18-8-4-7-17(13-18)20(26)24(14-16-5-2-1-3-6-16)15-19(25)23-11-9-22-10-12-23;3-2(4,5)1(6)7/h1-8,13,22H,9-12,14-15H2;(H,6,7). The number of nitrogens with one attached hydrogen (secondary N) is 1. The van der Waals surface area contributed by atoms with Crippen LogP contribution < -0.4 is 5.32 Å². The fourth-order valence-corrected chi connectivity index (χ4v) is 3.18. The Kier molecular flexibility index (Phi) is 9.68. The maximum Gasteiger partial charge on any atom is 0.490 e. The molecule has 2 aromatic carbocycles. The van der Waals surface area contributed by atoms with Crippen LogP contribution in [-0.4, -0.2) is 71.6 Å². The molecule has 1 saturated heterocycles. The minimum absolute atomic E-state index is 0.0298. The molecule has 11 heteroatoms. The molecule has 2 N–H and O–H groups in total. The van der Waals surface area contributed by atoms with E-state index in [0.717, 1.165) is 18.7 Å². The Hall–Kier alpha value is -3.11. The van der Waals surface area contributed by atoms with Crippen LogP contribution in [0.15, 0.2) is 54.6 Å². The largest absolute Gasteiger partial charge is 0.490 e. The molecule has 3 rings (SSSR count). The molecule has 1 heterocycles. The highest BCUT2D eigenvalue weighted by Gasteiger charge is 2.38. The molecular formula is C22H23ClF3N3O4. The maximum absolute atomic E-state index is 13.0. The summed E-state index contributed by atoms with van der Waals surface area (Å²) in [5.41, 5.74) is 1.47. The fraction of sp³-hybridized carbons (Fsp3) is 0.318. The van der Waals surface area contributed by atoms with Gasteiger partial charge in [0.05, 0.1) is 0 Å². The first-order valence-corrected chi connectivity index (χ1v) is 10.3. The van der Waals surface area contributed by atoms with Crippen LogP contribution in [0.2, 0.25) is 5.02 Å². The van der Waals surface area contributed by atoms with Crippen molar-refractivity contribution in [1.29, 1.82) is 0 Å². The molecule has 0 unspecified atom stereocenters. The fourth-order valence-electron chi connectivity index (χ4n) is 2.98. The van der Waals surface area contributed by atoms with E-state index in [2.05, 4.69) is 5.32 Å². The summed E-state index contributed by atoms with van der Waals surface area (Å²) in [6.07, 6.45) is -5.08. The van der Waals surface area contributed by atoms with Crippen molar-refractivity contribution >= 4 is 29.4 Å². The zero-order valence-corrected chi connectivity index (χ0v) is 18.3.